The van der Waals surface area contributed by atoms with Crippen molar-refractivity contribution in [3.05, 3.63) is 11.6 Å². The van der Waals surface area contributed by atoms with Crippen molar-refractivity contribution in [2.24, 2.45) is 0 Å². The second kappa shape index (κ2) is 8.99. The molecule has 0 saturated heterocycles. The van der Waals surface area contributed by atoms with Gasteiger partial charge in [-0.05, 0) is 12.8 Å². The molecule has 0 saturated carbocycles. The van der Waals surface area contributed by atoms with E-state index in [2.05, 4.69) is 22.9 Å². The van der Waals surface area contributed by atoms with Crippen LogP contribution in [0.15, 0.2) is 11.6 Å². The lowest BCUT2D eigenvalue weighted by atomic mass is 10.1. The summed E-state index contributed by atoms with van der Waals surface area (Å²) in [7, 11) is 1.39. The van der Waals surface area contributed by atoms with Crippen LogP contribution in [-0.4, -0.2) is 25.7 Å². The average Bonchev–Trinajstić information content (AvgIpc) is 2.32. The first-order valence-electron chi connectivity index (χ1n) is 5.66. The van der Waals surface area contributed by atoms with Gasteiger partial charge in [0.25, 0.3) is 0 Å². The van der Waals surface area contributed by atoms with Crippen molar-refractivity contribution in [1.82, 2.24) is 5.32 Å². The van der Waals surface area contributed by atoms with E-state index in [0.717, 1.165) is 12.8 Å². The minimum Gasteiger partial charge on any atom is -0.466 e. The summed E-state index contributed by atoms with van der Waals surface area (Å²) in [6, 6.07) is 0.0806. The molecule has 0 fully saturated rings. The standard InChI is InChI=1S/C13H21NO2/c1-5-8-12(7-3)14-10-9-11(6-2)13(15)16-4/h3,9,12,14H,5-6,8,10H2,1-2,4H3/b11-9-. The maximum Gasteiger partial charge on any atom is 0.333 e. The van der Waals surface area contributed by atoms with E-state index in [0.29, 0.717) is 18.5 Å². The fourth-order valence-corrected chi connectivity index (χ4v) is 1.36. The Bertz CT molecular complexity index is 276. The van der Waals surface area contributed by atoms with E-state index in [1.165, 1.54) is 7.11 Å². The van der Waals surface area contributed by atoms with Crippen molar-refractivity contribution in [2.75, 3.05) is 13.7 Å². The van der Waals surface area contributed by atoms with Crippen molar-refractivity contribution in [3.63, 3.8) is 0 Å². The van der Waals surface area contributed by atoms with Gasteiger partial charge in [-0.1, -0.05) is 32.3 Å². The van der Waals surface area contributed by atoms with Crippen molar-refractivity contribution in [1.29, 1.82) is 0 Å². The number of carbonyl (C=O) groups excluding carboxylic acids is 1. The van der Waals surface area contributed by atoms with Gasteiger partial charge >= 0.3 is 5.97 Å². The SMILES string of the molecule is C#CC(CCC)NC/C=C(/CC)C(=O)OC. The zero-order valence-electron chi connectivity index (χ0n) is 10.4. The molecule has 16 heavy (non-hydrogen) atoms. The highest BCUT2D eigenvalue weighted by molar-refractivity contribution is 5.88. The Kier molecular flexibility index (Phi) is 8.28. The van der Waals surface area contributed by atoms with Gasteiger partial charge < -0.3 is 10.1 Å². The van der Waals surface area contributed by atoms with Crippen molar-refractivity contribution in [2.45, 2.75) is 39.2 Å². The predicted molar refractivity (Wildman–Crippen MR) is 65.9 cm³/mol. The molecule has 0 aliphatic rings. The molecule has 0 aliphatic carbocycles. The maximum absolute atomic E-state index is 11.3. The van der Waals surface area contributed by atoms with Gasteiger partial charge in [-0.3, -0.25) is 0 Å². The second-order valence-corrected chi connectivity index (χ2v) is 3.49. The molecule has 1 atom stereocenters. The summed E-state index contributed by atoms with van der Waals surface area (Å²) in [5, 5.41) is 3.19. The lowest BCUT2D eigenvalue weighted by Crippen LogP contribution is -2.27. The van der Waals surface area contributed by atoms with Crippen LogP contribution < -0.4 is 5.32 Å². The highest BCUT2D eigenvalue weighted by Crippen LogP contribution is 2.02. The molecule has 90 valence electrons. The second-order valence-electron chi connectivity index (χ2n) is 3.49. The van der Waals surface area contributed by atoms with Crippen molar-refractivity contribution >= 4 is 5.97 Å². The fraction of sp³-hybridized carbons (Fsp3) is 0.615. The van der Waals surface area contributed by atoms with Gasteiger partial charge in [0.15, 0.2) is 0 Å². The molecule has 0 spiro atoms. The number of esters is 1. The number of rotatable bonds is 7. The Morgan fingerprint density at radius 1 is 1.56 bits per heavy atom. The van der Waals surface area contributed by atoms with E-state index in [1.807, 2.05) is 13.0 Å². The number of nitrogens with one attached hydrogen (secondary N) is 1. The zero-order chi connectivity index (χ0) is 12.4. The van der Waals surface area contributed by atoms with E-state index in [9.17, 15) is 4.79 Å². The summed E-state index contributed by atoms with van der Waals surface area (Å²) in [5.74, 6) is 2.41. The largest absolute Gasteiger partial charge is 0.466 e. The smallest absolute Gasteiger partial charge is 0.333 e. The third-order valence-electron chi connectivity index (χ3n) is 2.32. The van der Waals surface area contributed by atoms with Crippen LogP contribution in [0, 0.1) is 12.3 Å². The summed E-state index contributed by atoms with van der Waals surface area (Å²) in [4.78, 5) is 11.3. The average molecular weight is 223 g/mol. The van der Waals surface area contributed by atoms with Gasteiger partial charge in [-0.25, -0.2) is 4.79 Å². The van der Waals surface area contributed by atoms with Crippen LogP contribution in [0.4, 0.5) is 0 Å². The van der Waals surface area contributed by atoms with E-state index >= 15 is 0 Å². The van der Waals surface area contributed by atoms with Crippen LogP contribution >= 0.6 is 0 Å². The molecule has 3 heteroatoms. The van der Waals surface area contributed by atoms with Gasteiger partial charge in [0.05, 0.1) is 13.2 Å². The first-order chi connectivity index (χ1) is 7.69. The summed E-state index contributed by atoms with van der Waals surface area (Å²) >= 11 is 0. The van der Waals surface area contributed by atoms with Gasteiger partial charge in [0.2, 0.25) is 0 Å². The Morgan fingerprint density at radius 3 is 2.69 bits per heavy atom. The molecule has 0 aliphatic heterocycles. The van der Waals surface area contributed by atoms with Crippen LogP contribution in [0.3, 0.4) is 0 Å². The number of hydrogen-bond acceptors (Lipinski definition) is 3. The Hall–Kier alpha value is -1.27. The lowest BCUT2D eigenvalue weighted by Gasteiger charge is -2.10. The topological polar surface area (TPSA) is 38.3 Å². The first kappa shape index (κ1) is 14.7. The third kappa shape index (κ3) is 5.57. The van der Waals surface area contributed by atoms with Crippen molar-refractivity contribution < 1.29 is 9.53 Å². The molecule has 1 N–H and O–H groups in total. The summed E-state index contributed by atoms with van der Waals surface area (Å²) < 4.78 is 4.66. The van der Waals surface area contributed by atoms with E-state index < -0.39 is 0 Å². The number of terminal acetylenes is 1. The lowest BCUT2D eigenvalue weighted by molar-refractivity contribution is -0.136. The summed E-state index contributed by atoms with van der Waals surface area (Å²) in [6.07, 6.45) is 9.87. The van der Waals surface area contributed by atoms with Gasteiger partial charge in [0.1, 0.15) is 0 Å². The summed E-state index contributed by atoms with van der Waals surface area (Å²) in [5.41, 5.74) is 0.683. The third-order valence-corrected chi connectivity index (χ3v) is 2.32. The van der Waals surface area contributed by atoms with Crippen LogP contribution in [0.2, 0.25) is 0 Å². The Morgan fingerprint density at radius 2 is 2.25 bits per heavy atom. The minimum atomic E-state index is -0.267. The molecule has 0 heterocycles. The molecule has 0 amide bonds. The Labute approximate surface area is 98.3 Å². The van der Waals surface area contributed by atoms with Crippen LogP contribution in [-0.2, 0) is 9.53 Å². The van der Waals surface area contributed by atoms with Crippen molar-refractivity contribution in [3.8, 4) is 12.3 Å². The molecule has 3 nitrogen and oxygen atoms in total. The normalized spacial score (nSPS) is 13.0. The number of methoxy groups -OCH3 is 1. The van der Waals surface area contributed by atoms with E-state index in [1.54, 1.807) is 0 Å². The fourth-order valence-electron chi connectivity index (χ4n) is 1.36. The van der Waals surface area contributed by atoms with Crippen LogP contribution in [0.1, 0.15) is 33.1 Å². The van der Waals surface area contributed by atoms with Crippen LogP contribution in [0.25, 0.3) is 0 Å². The minimum absolute atomic E-state index is 0.0806. The van der Waals surface area contributed by atoms with Gasteiger partial charge in [-0.15, -0.1) is 6.42 Å². The molecular weight excluding hydrogens is 202 g/mol. The first-order valence-corrected chi connectivity index (χ1v) is 5.66. The highest BCUT2D eigenvalue weighted by Gasteiger charge is 2.06. The maximum atomic E-state index is 11.3. The quantitative estimate of drug-likeness (QED) is 0.407. The molecule has 0 rings (SSSR count). The van der Waals surface area contributed by atoms with Gasteiger partial charge in [0, 0.05) is 12.1 Å². The molecule has 0 aromatic rings. The highest BCUT2D eigenvalue weighted by atomic mass is 16.5. The summed E-state index contributed by atoms with van der Waals surface area (Å²) in [6.45, 7) is 4.62. The molecule has 0 aromatic heterocycles. The predicted octanol–water partition coefficient (Wildman–Crippen LogP) is 1.89. The van der Waals surface area contributed by atoms with E-state index in [4.69, 9.17) is 6.42 Å². The van der Waals surface area contributed by atoms with Gasteiger partial charge in [-0.2, -0.15) is 0 Å². The molecule has 0 aromatic carbocycles. The van der Waals surface area contributed by atoms with E-state index in [-0.39, 0.29) is 12.0 Å². The molecule has 0 bridgehead atoms. The monoisotopic (exact) mass is 223 g/mol. The Balaban J connectivity index is 4.14. The number of hydrogen-bond donors (Lipinski definition) is 1. The molecule has 0 radical (unpaired) electrons. The number of ether oxygens (including phenoxy) is 1. The molecule has 1 unspecified atom stereocenters. The number of carbonyl (C=O) groups is 1. The molecular formula is C13H21NO2. The zero-order valence-corrected chi connectivity index (χ0v) is 10.4. The van der Waals surface area contributed by atoms with Crippen LogP contribution in [0.5, 0.6) is 0 Å².